The molecule has 1 aromatic heterocycles. The van der Waals surface area contributed by atoms with E-state index in [0.717, 1.165) is 24.5 Å². The minimum absolute atomic E-state index is 0.129. The summed E-state index contributed by atoms with van der Waals surface area (Å²) in [6, 6.07) is 4.01. The van der Waals surface area contributed by atoms with Gasteiger partial charge in [-0.1, -0.05) is 0 Å². The zero-order valence-electron chi connectivity index (χ0n) is 10.6. The lowest BCUT2D eigenvalue weighted by Gasteiger charge is -2.42. The van der Waals surface area contributed by atoms with Crippen molar-refractivity contribution in [2.24, 2.45) is 0 Å². The summed E-state index contributed by atoms with van der Waals surface area (Å²) in [5, 5.41) is 0. The Balaban J connectivity index is 2.20. The molecule has 0 aromatic carbocycles. The van der Waals surface area contributed by atoms with Gasteiger partial charge in [-0.05, 0) is 38.5 Å². The van der Waals surface area contributed by atoms with Crippen LogP contribution < -0.4 is 4.90 Å². The van der Waals surface area contributed by atoms with Crippen LogP contribution in [0.4, 0.5) is 5.82 Å². The van der Waals surface area contributed by atoms with Gasteiger partial charge in [0.2, 0.25) is 0 Å². The Labute approximate surface area is 108 Å². The second kappa shape index (κ2) is 4.83. The van der Waals surface area contributed by atoms with Crippen LogP contribution >= 0.6 is 11.6 Å². The Morgan fingerprint density at radius 3 is 3.00 bits per heavy atom. The van der Waals surface area contributed by atoms with Crippen LogP contribution in [0, 0.1) is 0 Å². The Morgan fingerprint density at radius 1 is 1.59 bits per heavy atom. The first-order chi connectivity index (χ1) is 8.00. The van der Waals surface area contributed by atoms with Crippen molar-refractivity contribution in [3.8, 4) is 0 Å². The number of pyridine rings is 1. The summed E-state index contributed by atoms with van der Waals surface area (Å²) < 4.78 is 5.89. The van der Waals surface area contributed by atoms with E-state index >= 15 is 0 Å². The summed E-state index contributed by atoms with van der Waals surface area (Å²) in [7, 11) is 0. The topological polar surface area (TPSA) is 25.4 Å². The predicted molar refractivity (Wildman–Crippen MR) is 70.6 cm³/mol. The first-order valence-electron chi connectivity index (χ1n) is 5.94. The molecule has 3 nitrogen and oxygen atoms in total. The monoisotopic (exact) mass is 254 g/mol. The molecule has 1 aliphatic heterocycles. The highest BCUT2D eigenvalue weighted by atomic mass is 35.5. The van der Waals surface area contributed by atoms with E-state index in [1.54, 1.807) is 0 Å². The molecule has 1 fully saturated rings. The van der Waals surface area contributed by atoms with Gasteiger partial charge in [-0.15, -0.1) is 11.6 Å². The molecular formula is C13H19ClN2O. The fourth-order valence-electron chi connectivity index (χ4n) is 2.34. The molecule has 0 radical (unpaired) electrons. The summed E-state index contributed by atoms with van der Waals surface area (Å²) >= 11 is 5.85. The second-order valence-corrected chi connectivity index (χ2v) is 5.49. The predicted octanol–water partition coefficient (Wildman–Crippen LogP) is 2.82. The fourth-order valence-corrected chi connectivity index (χ4v) is 2.51. The van der Waals surface area contributed by atoms with Gasteiger partial charge < -0.3 is 9.64 Å². The van der Waals surface area contributed by atoms with Gasteiger partial charge in [0, 0.05) is 25.2 Å². The van der Waals surface area contributed by atoms with Gasteiger partial charge >= 0.3 is 0 Å². The van der Waals surface area contributed by atoms with Gasteiger partial charge in [0.1, 0.15) is 5.82 Å². The van der Waals surface area contributed by atoms with Crippen LogP contribution in [0.1, 0.15) is 26.3 Å². The fraction of sp³-hybridized carbons (Fsp3) is 0.615. The van der Waals surface area contributed by atoms with Crippen LogP contribution in [-0.2, 0) is 10.6 Å². The highest BCUT2D eigenvalue weighted by Gasteiger charge is 2.31. The maximum absolute atomic E-state index is 5.89. The molecule has 4 heteroatoms. The molecule has 0 amide bonds. The Kier molecular flexibility index (Phi) is 3.59. The molecule has 1 saturated heterocycles. The summed E-state index contributed by atoms with van der Waals surface area (Å²) in [5.41, 5.74) is 0.977. The molecule has 0 aliphatic carbocycles. The molecule has 2 rings (SSSR count). The minimum Gasteiger partial charge on any atom is -0.369 e. The van der Waals surface area contributed by atoms with E-state index in [0.29, 0.717) is 5.88 Å². The van der Waals surface area contributed by atoms with Gasteiger partial charge in [-0.2, -0.15) is 0 Å². The third-order valence-corrected chi connectivity index (χ3v) is 3.17. The number of anilines is 1. The number of hydrogen-bond acceptors (Lipinski definition) is 3. The number of ether oxygens (including phenoxy) is 1. The number of morpholine rings is 1. The minimum atomic E-state index is -0.129. The number of nitrogens with zero attached hydrogens (tertiary/aromatic N) is 2. The standard InChI is InChI=1S/C13H19ClN2O/c1-10-8-16(9-13(2,3)17-10)12-6-11(7-14)4-5-15-12/h4-6,10H,7-9H2,1-3H3. The molecule has 1 unspecified atom stereocenters. The number of rotatable bonds is 2. The van der Waals surface area contributed by atoms with Crippen molar-refractivity contribution in [1.29, 1.82) is 0 Å². The summed E-state index contributed by atoms with van der Waals surface area (Å²) in [6.07, 6.45) is 2.04. The van der Waals surface area contributed by atoms with Crippen molar-refractivity contribution in [3.63, 3.8) is 0 Å². The lowest BCUT2D eigenvalue weighted by Crippen LogP contribution is -2.52. The molecule has 0 spiro atoms. The van der Waals surface area contributed by atoms with Crippen LogP contribution in [0.2, 0.25) is 0 Å². The first kappa shape index (κ1) is 12.7. The molecule has 0 saturated carbocycles. The maximum atomic E-state index is 5.89. The molecule has 0 bridgehead atoms. The van der Waals surface area contributed by atoms with Crippen LogP contribution in [0.3, 0.4) is 0 Å². The van der Waals surface area contributed by atoms with E-state index in [2.05, 4.69) is 36.7 Å². The molecule has 1 aromatic rings. The van der Waals surface area contributed by atoms with Gasteiger partial charge in [-0.25, -0.2) is 4.98 Å². The van der Waals surface area contributed by atoms with Gasteiger partial charge in [0.25, 0.3) is 0 Å². The smallest absolute Gasteiger partial charge is 0.128 e. The van der Waals surface area contributed by atoms with Crippen molar-refractivity contribution in [3.05, 3.63) is 23.9 Å². The van der Waals surface area contributed by atoms with Crippen LogP contribution in [0.5, 0.6) is 0 Å². The summed E-state index contributed by atoms with van der Waals surface area (Å²) in [5.74, 6) is 1.52. The highest BCUT2D eigenvalue weighted by Crippen LogP contribution is 2.25. The number of hydrogen-bond donors (Lipinski definition) is 0. The Hall–Kier alpha value is -0.800. The molecule has 17 heavy (non-hydrogen) atoms. The van der Waals surface area contributed by atoms with Crippen LogP contribution in [0.25, 0.3) is 0 Å². The summed E-state index contributed by atoms with van der Waals surface area (Å²) in [4.78, 5) is 6.69. The molecule has 1 aliphatic rings. The van der Waals surface area contributed by atoms with E-state index in [-0.39, 0.29) is 11.7 Å². The number of halogens is 1. The first-order valence-corrected chi connectivity index (χ1v) is 6.47. The SMILES string of the molecule is CC1CN(c2cc(CCl)ccn2)CC(C)(C)O1. The second-order valence-electron chi connectivity index (χ2n) is 5.22. The third kappa shape index (κ3) is 3.11. The number of aromatic nitrogens is 1. The van der Waals surface area contributed by atoms with Crippen molar-refractivity contribution in [1.82, 2.24) is 4.98 Å². The maximum Gasteiger partial charge on any atom is 0.128 e. The lowest BCUT2D eigenvalue weighted by molar-refractivity contribution is -0.0751. The van der Waals surface area contributed by atoms with Gasteiger partial charge in [0.15, 0.2) is 0 Å². The highest BCUT2D eigenvalue weighted by molar-refractivity contribution is 6.17. The average molecular weight is 255 g/mol. The Bertz CT molecular complexity index is 395. The van der Waals surface area contributed by atoms with Crippen LogP contribution in [0.15, 0.2) is 18.3 Å². The molecule has 0 N–H and O–H groups in total. The van der Waals surface area contributed by atoms with Crippen molar-refractivity contribution < 1.29 is 4.74 Å². The van der Waals surface area contributed by atoms with E-state index in [9.17, 15) is 0 Å². The zero-order valence-corrected chi connectivity index (χ0v) is 11.4. The molecular weight excluding hydrogens is 236 g/mol. The van der Waals surface area contributed by atoms with E-state index in [1.807, 2.05) is 12.3 Å². The summed E-state index contributed by atoms with van der Waals surface area (Å²) in [6.45, 7) is 8.06. The third-order valence-electron chi connectivity index (χ3n) is 2.86. The average Bonchev–Trinajstić information content (AvgIpc) is 2.26. The molecule has 94 valence electrons. The quantitative estimate of drug-likeness (QED) is 0.759. The van der Waals surface area contributed by atoms with E-state index < -0.39 is 0 Å². The number of alkyl halides is 1. The van der Waals surface area contributed by atoms with Crippen molar-refractivity contribution in [2.75, 3.05) is 18.0 Å². The Morgan fingerprint density at radius 2 is 2.35 bits per heavy atom. The van der Waals surface area contributed by atoms with E-state index in [1.165, 1.54) is 0 Å². The van der Waals surface area contributed by atoms with E-state index in [4.69, 9.17) is 16.3 Å². The largest absolute Gasteiger partial charge is 0.369 e. The van der Waals surface area contributed by atoms with Crippen molar-refractivity contribution in [2.45, 2.75) is 38.4 Å². The van der Waals surface area contributed by atoms with Crippen LogP contribution in [-0.4, -0.2) is 29.8 Å². The van der Waals surface area contributed by atoms with Gasteiger partial charge in [-0.3, -0.25) is 0 Å². The molecule has 2 heterocycles. The van der Waals surface area contributed by atoms with Crippen molar-refractivity contribution >= 4 is 17.4 Å². The zero-order chi connectivity index (χ0) is 12.5. The molecule has 1 atom stereocenters. The lowest BCUT2D eigenvalue weighted by atomic mass is 10.1. The van der Waals surface area contributed by atoms with Gasteiger partial charge in [0.05, 0.1) is 11.7 Å². The normalized spacial score (nSPS) is 23.8.